The van der Waals surface area contributed by atoms with E-state index in [1.165, 1.54) is 6.07 Å². The van der Waals surface area contributed by atoms with Crippen LogP contribution in [-0.2, 0) is 0 Å². The van der Waals surface area contributed by atoms with Crippen molar-refractivity contribution in [1.82, 2.24) is 4.98 Å². The molecule has 0 N–H and O–H groups in total. The Balaban J connectivity index is 3.17. The molecule has 0 saturated heterocycles. The second kappa shape index (κ2) is 2.50. The van der Waals surface area contributed by atoms with Crippen LogP contribution in [0, 0.1) is 5.82 Å². The van der Waals surface area contributed by atoms with E-state index in [-0.39, 0.29) is 10.3 Å². The van der Waals surface area contributed by atoms with Crippen LogP contribution in [0.3, 0.4) is 0 Å². The number of nitrogens with zero attached hydrogens (tertiary/aromatic N) is 1. The molecule has 48 valence electrons. The third-order valence-electron chi connectivity index (χ3n) is 0.769. The molecule has 1 aromatic heterocycles. The average Bonchev–Trinajstić information content (AvgIpc) is 1.80. The molecule has 0 amide bonds. The minimum atomic E-state index is -0.555. The van der Waals surface area contributed by atoms with Crippen LogP contribution in [0.2, 0.25) is 10.3 Å². The molecular formula is C5H2Cl2FN. The van der Waals surface area contributed by atoms with E-state index in [1.54, 1.807) is 0 Å². The van der Waals surface area contributed by atoms with Gasteiger partial charge in [-0.2, -0.15) is 0 Å². The Morgan fingerprint density at radius 2 is 2.00 bits per heavy atom. The molecule has 0 aromatic carbocycles. The van der Waals surface area contributed by atoms with Crippen molar-refractivity contribution in [3.05, 3.63) is 28.3 Å². The SMILES string of the molecule is Fc1ccc(Cl)nc1Cl. The smallest absolute Gasteiger partial charge is 0.166 e. The maximum absolute atomic E-state index is 12.2. The minimum absolute atomic E-state index is 0.192. The van der Waals surface area contributed by atoms with Crippen LogP contribution >= 0.6 is 23.2 Å². The van der Waals surface area contributed by atoms with Gasteiger partial charge in [-0.25, -0.2) is 9.37 Å². The van der Waals surface area contributed by atoms with Crippen molar-refractivity contribution in [3.8, 4) is 0 Å². The molecule has 0 aliphatic rings. The number of halogens is 3. The van der Waals surface area contributed by atoms with Gasteiger partial charge in [-0.1, -0.05) is 23.2 Å². The quantitative estimate of drug-likeness (QED) is 0.539. The molecule has 0 unspecified atom stereocenters. The van der Waals surface area contributed by atoms with Gasteiger partial charge in [-0.3, -0.25) is 0 Å². The van der Waals surface area contributed by atoms with E-state index in [0.29, 0.717) is 0 Å². The Hall–Kier alpha value is -0.340. The summed E-state index contributed by atoms with van der Waals surface area (Å²) in [4.78, 5) is 3.43. The zero-order valence-electron chi connectivity index (χ0n) is 4.24. The van der Waals surface area contributed by atoms with Gasteiger partial charge in [-0.05, 0) is 12.1 Å². The topological polar surface area (TPSA) is 12.9 Å². The van der Waals surface area contributed by atoms with E-state index in [2.05, 4.69) is 4.98 Å². The van der Waals surface area contributed by atoms with Crippen LogP contribution in [0.5, 0.6) is 0 Å². The van der Waals surface area contributed by atoms with Crippen LogP contribution in [0.1, 0.15) is 0 Å². The standard InChI is InChI=1S/C5H2Cl2FN/c6-4-2-1-3(8)5(7)9-4/h1-2H. The number of hydrogen-bond donors (Lipinski definition) is 0. The summed E-state index contributed by atoms with van der Waals surface area (Å²) in [5.74, 6) is -0.555. The highest BCUT2D eigenvalue weighted by Crippen LogP contribution is 2.13. The second-order valence-electron chi connectivity index (χ2n) is 1.41. The maximum Gasteiger partial charge on any atom is 0.166 e. The van der Waals surface area contributed by atoms with E-state index in [9.17, 15) is 4.39 Å². The lowest BCUT2D eigenvalue weighted by Crippen LogP contribution is -1.80. The molecule has 1 aromatic rings. The van der Waals surface area contributed by atoms with Gasteiger partial charge >= 0.3 is 0 Å². The molecule has 0 radical (unpaired) electrons. The summed E-state index contributed by atoms with van der Waals surface area (Å²) in [6, 6.07) is 2.50. The molecule has 0 bridgehead atoms. The second-order valence-corrected chi connectivity index (χ2v) is 2.15. The summed E-state index contributed by atoms with van der Waals surface area (Å²) in [5, 5.41) is 0.00361. The fourth-order valence-electron chi connectivity index (χ4n) is 0.395. The number of aromatic nitrogens is 1. The molecule has 0 fully saturated rings. The van der Waals surface area contributed by atoms with E-state index in [0.717, 1.165) is 6.07 Å². The van der Waals surface area contributed by atoms with Gasteiger partial charge < -0.3 is 0 Å². The largest absolute Gasteiger partial charge is 0.221 e. The lowest BCUT2D eigenvalue weighted by molar-refractivity contribution is 0.622. The van der Waals surface area contributed by atoms with Crippen molar-refractivity contribution >= 4 is 23.2 Å². The van der Waals surface area contributed by atoms with Gasteiger partial charge in [0.15, 0.2) is 11.0 Å². The number of pyridine rings is 1. The van der Waals surface area contributed by atoms with Gasteiger partial charge in [0.25, 0.3) is 0 Å². The first-order valence-corrected chi connectivity index (χ1v) is 2.93. The number of rotatable bonds is 0. The first-order valence-electron chi connectivity index (χ1n) is 2.17. The minimum Gasteiger partial charge on any atom is -0.221 e. The lowest BCUT2D eigenvalue weighted by Gasteiger charge is -1.90. The highest BCUT2D eigenvalue weighted by Gasteiger charge is 1.98. The highest BCUT2D eigenvalue weighted by molar-refractivity contribution is 6.32. The summed E-state index contributed by atoms with van der Waals surface area (Å²) >= 11 is 10.6. The molecule has 1 nitrogen and oxygen atoms in total. The summed E-state index contributed by atoms with van der Waals surface area (Å²) < 4.78 is 12.2. The van der Waals surface area contributed by atoms with E-state index in [4.69, 9.17) is 23.2 Å². The molecule has 0 atom stereocenters. The molecule has 0 aliphatic heterocycles. The fraction of sp³-hybridized carbons (Fsp3) is 0. The van der Waals surface area contributed by atoms with Crippen molar-refractivity contribution in [3.63, 3.8) is 0 Å². The fourth-order valence-corrected chi connectivity index (χ4v) is 0.740. The van der Waals surface area contributed by atoms with Gasteiger partial charge in [0.1, 0.15) is 5.15 Å². The molecule has 4 heteroatoms. The van der Waals surface area contributed by atoms with Crippen molar-refractivity contribution < 1.29 is 4.39 Å². The van der Waals surface area contributed by atoms with Crippen molar-refractivity contribution in [1.29, 1.82) is 0 Å². The van der Waals surface area contributed by atoms with Crippen LogP contribution in [-0.4, -0.2) is 4.98 Å². The molecule has 0 spiro atoms. The van der Waals surface area contributed by atoms with E-state index < -0.39 is 5.82 Å². The molecular weight excluding hydrogens is 164 g/mol. The van der Waals surface area contributed by atoms with Gasteiger partial charge in [0.2, 0.25) is 0 Å². The first kappa shape index (κ1) is 6.78. The third-order valence-corrected chi connectivity index (χ3v) is 1.24. The molecule has 0 saturated carbocycles. The van der Waals surface area contributed by atoms with Gasteiger partial charge in [-0.15, -0.1) is 0 Å². The molecule has 9 heavy (non-hydrogen) atoms. The first-order chi connectivity index (χ1) is 4.20. The van der Waals surface area contributed by atoms with Crippen molar-refractivity contribution in [2.45, 2.75) is 0 Å². The Bertz CT molecular complexity index is 226. The van der Waals surface area contributed by atoms with Gasteiger partial charge in [0, 0.05) is 0 Å². The Labute approximate surface area is 61.4 Å². The molecule has 1 rings (SSSR count). The van der Waals surface area contributed by atoms with Crippen molar-refractivity contribution in [2.75, 3.05) is 0 Å². The Morgan fingerprint density at radius 1 is 1.33 bits per heavy atom. The molecule has 0 aliphatic carbocycles. The summed E-state index contributed by atoms with van der Waals surface area (Å²) in [6.45, 7) is 0. The van der Waals surface area contributed by atoms with Crippen LogP contribution in [0.4, 0.5) is 4.39 Å². The Kier molecular flexibility index (Phi) is 1.88. The summed E-state index contributed by atoms with van der Waals surface area (Å²) in [7, 11) is 0. The van der Waals surface area contributed by atoms with Crippen molar-refractivity contribution in [2.24, 2.45) is 0 Å². The summed E-state index contributed by atoms with van der Waals surface area (Å²) in [5.41, 5.74) is 0. The Morgan fingerprint density at radius 3 is 2.44 bits per heavy atom. The third kappa shape index (κ3) is 1.53. The average molecular weight is 166 g/mol. The van der Waals surface area contributed by atoms with Crippen LogP contribution in [0.25, 0.3) is 0 Å². The number of hydrogen-bond acceptors (Lipinski definition) is 1. The summed E-state index contributed by atoms with van der Waals surface area (Å²) in [6.07, 6.45) is 0. The predicted molar refractivity (Wildman–Crippen MR) is 34.2 cm³/mol. The zero-order chi connectivity index (χ0) is 6.85. The normalized spacial score (nSPS) is 9.67. The predicted octanol–water partition coefficient (Wildman–Crippen LogP) is 2.53. The highest BCUT2D eigenvalue weighted by atomic mass is 35.5. The van der Waals surface area contributed by atoms with Gasteiger partial charge in [0.05, 0.1) is 0 Å². The van der Waals surface area contributed by atoms with Crippen LogP contribution in [0.15, 0.2) is 12.1 Å². The van der Waals surface area contributed by atoms with Crippen LogP contribution < -0.4 is 0 Å². The lowest BCUT2D eigenvalue weighted by atomic mass is 10.5. The molecule has 1 heterocycles. The van der Waals surface area contributed by atoms with E-state index >= 15 is 0 Å². The van der Waals surface area contributed by atoms with E-state index in [1.807, 2.05) is 0 Å². The maximum atomic E-state index is 12.2. The zero-order valence-corrected chi connectivity index (χ0v) is 5.75. The monoisotopic (exact) mass is 165 g/mol.